The number of hydrogen-bond acceptors (Lipinski definition) is 2. The van der Waals surface area contributed by atoms with Gasteiger partial charge >= 0.3 is 0 Å². The molecule has 0 fully saturated rings. The summed E-state index contributed by atoms with van der Waals surface area (Å²) < 4.78 is 0. The third-order valence-electron chi connectivity index (χ3n) is 4.00. The molecule has 0 radical (unpaired) electrons. The lowest BCUT2D eigenvalue weighted by Gasteiger charge is -2.30. The van der Waals surface area contributed by atoms with Gasteiger partial charge in [0.15, 0.2) is 0 Å². The third kappa shape index (κ3) is 2.98. The second kappa shape index (κ2) is 6.10. The first-order valence-electron chi connectivity index (χ1n) is 7.37. The number of carbonyl (C=O) groups excluding carboxylic acids is 1. The number of nitrogens with zero attached hydrogens (tertiary/aromatic N) is 1. The highest BCUT2D eigenvalue weighted by Crippen LogP contribution is 2.28. The predicted molar refractivity (Wildman–Crippen MR) is 83.1 cm³/mol. The topological polar surface area (TPSA) is 40.5 Å². The molecule has 3 rings (SSSR count). The van der Waals surface area contributed by atoms with Crippen molar-refractivity contribution >= 4 is 11.6 Å². The van der Waals surface area contributed by atoms with Crippen molar-refractivity contribution in [2.75, 3.05) is 11.4 Å². The normalized spacial score (nSPS) is 15.7. The van der Waals surface area contributed by atoms with Crippen LogP contribution in [0.25, 0.3) is 0 Å². The van der Waals surface area contributed by atoms with Crippen LogP contribution in [0.3, 0.4) is 0 Å². The number of rotatable bonds is 4. The average Bonchev–Trinajstić information content (AvgIpc) is 2.54. The summed E-state index contributed by atoms with van der Waals surface area (Å²) in [6.07, 6.45) is 1.38. The van der Waals surface area contributed by atoms with E-state index in [9.17, 15) is 9.90 Å². The zero-order valence-electron chi connectivity index (χ0n) is 11.9. The molecule has 21 heavy (non-hydrogen) atoms. The Balaban J connectivity index is 1.72. The van der Waals surface area contributed by atoms with E-state index in [1.54, 1.807) is 0 Å². The van der Waals surface area contributed by atoms with Crippen LogP contribution in [-0.4, -0.2) is 17.6 Å². The van der Waals surface area contributed by atoms with Crippen LogP contribution < -0.4 is 4.90 Å². The molecule has 1 aliphatic heterocycles. The van der Waals surface area contributed by atoms with Gasteiger partial charge in [0.05, 0.1) is 6.10 Å². The van der Waals surface area contributed by atoms with Crippen molar-refractivity contribution in [2.45, 2.75) is 25.4 Å². The number of fused-ring (bicyclic) bond motifs is 1. The second-order valence-corrected chi connectivity index (χ2v) is 5.39. The number of para-hydroxylation sites is 1. The fourth-order valence-electron chi connectivity index (χ4n) is 2.83. The second-order valence-electron chi connectivity index (χ2n) is 5.39. The summed E-state index contributed by atoms with van der Waals surface area (Å²) in [6, 6.07) is 17.6. The van der Waals surface area contributed by atoms with Crippen molar-refractivity contribution in [1.82, 2.24) is 0 Å². The number of amides is 1. The maximum atomic E-state index is 12.2. The Bertz CT molecular complexity index is 624. The minimum atomic E-state index is -0.534. The van der Waals surface area contributed by atoms with E-state index in [0.29, 0.717) is 19.4 Å². The summed E-state index contributed by atoms with van der Waals surface area (Å²) in [7, 11) is 0. The number of aryl methyl sites for hydroxylation is 1. The van der Waals surface area contributed by atoms with E-state index in [1.165, 1.54) is 5.56 Å². The van der Waals surface area contributed by atoms with Crippen molar-refractivity contribution in [1.29, 1.82) is 0 Å². The van der Waals surface area contributed by atoms with Gasteiger partial charge in [0.2, 0.25) is 5.91 Å². The Kier molecular flexibility index (Phi) is 4.02. The molecule has 0 saturated heterocycles. The van der Waals surface area contributed by atoms with Gasteiger partial charge < -0.3 is 10.0 Å². The molecule has 0 aliphatic carbocycles. The van der Waals surface area contributed by atoms with E-state index >= 15 is 0 Å². The van der Waals surface area contributed by atoms with Gasteiger partial charge in [0.25, 0.3) is 0 Å². The van der Waals surface area contributed by atoms with Crippen LogP contribution in [0.2, 0.25) is 0 Å². The smallest absolute Gasteiger partial charge is 0.227 e. The van der Waals surface area contributed by atoms with Gasteiger partial charge in [-0.25, -0.2) is 0 Å². The van der Waals surface area contributed by atoms with Gasteiger partial charge in [-0.1, -0.05) is 48.5 Å². The molecule has 1 atom stereocenters. The lowest BCUT2D eigenvalue weighted by molar-refractivity contribution is -0.119. The lowest BCUT2D eigenvalue weighted by Crippen LogP contribution is -2.36. The summed E-state index contributed by atoms with van der Waals surface area (Å²) in [6.45, 7) is 0.548. The van der Waals surface area contributed by atoms with Gasteiger partial charge in [-0.3, -0.25) is 4.79 Å². The maximum absolute atomic E-state index is 12.2. The van der Waals surface area contributed by atoms with Gasteiger partial charge in [-0.15, -0.1) is 0 Å². The van der Waals surface area contributed by atoms with Crippen molar-refractivity contribution in [2.24, 2.45) is 0 Å². The monoisotopic (exact) mass is 281 g/mol. The molecule has 0 bridgehead atoms. The SMILES string of the molecule is O=C1CCc2ccccc2N1CCC(O)c1ccccc1. The van der Waals surface area contributed by atoms with E-state index in [4.69, 9.17) is 0 Å². The van der Waals surface area contributed by atoms with Crippen LogP contribution in [0, 0.1) is 0 Å². The summed E-state index contributed by atoms with van der Waals surface area (Å²) in [5.41, 5.74) is 3.11. The van der Waals surface area contributed by atoms with Crippen LogP contribution >= 0.6 is 0 Å². The summed E-state index contributed by atoms with van der Waals surface area (Å²) in [5.74, 6) is 0.147. The largest absolute Gasteiger partial charge is 0.388 e. The zero-order valence-corrected chi connectivity index (χ0v) is 11.9. The summed E-state index contributed by atoms with van der Waals surface area (Å²) in [5, 5.41) is 10.2. The molecule has 1 N–H and O–H groups in total. The number of aliphatic hydroxyl groups excluding tert-OH is 1. The van der Waals surface area contributed by atoms with Crippen molar-refractivity contribution in [3.8, 4) is 0 Å². The van der Waals surface area contributed by atoms with Gasteiger partial charge in [-0.2, -0.15) is 0 Å². The first kappa shape index (κ1) is 13.8. The molecule has 1 amide bonds. The molecule has 2 aromatic carbocycles. The number of benzene rings is 2. The molecular weight excluding hydrogens is 262 g/mol. The molecule has 1 unspecified atom stereocenters. The number of aliphatic hydroxyl groups is 1. The molecule has 0 saturated carbocycles. The van der Waals surface area contributed by atoms with Gasteiger partial charge in [0, 0.05) is 18.7 Å². The fraction of sp³-hybridized carbons (Fsp3) is 0.278. The molecule has 0 spiro atoms. The van der Waals surface area contributed by atoms with Crippen LogP contribution in [0.4, 0.5) is 5.69 Å². The molecule has 0 aromatic heterocycles. The van der Waals surface area contributed by atoms with E-state index in [1.807, 2.05) is 53.4 Å². The van der Waals surface area contributed by atoms with Crippen molar-refractivity contribution in [3.05, 3.63) is 65.7 Å². The molecule has 1 aliphatic rings. The van der Waals surface area contributed by atoms with E-state index < -0.39 is 6.10 Å². The first-order chi connectivity index (χ1) is 10.3. The summed E-state index contributed by atoms with van der Waals surface area (Å²) in [4.78, 5) is 14.0. The molecular formula is C18H19NO2. The van der Waals surface area contributed by atoms with Crippen molar-refractivity contribution in [3.63, 3.8) is 0 Å². The Morgan fingerprint density at radius 1 is 1.00 bits per heavy atom. The van der Waals surface area contributed by atoms with E-state index in [0.717, 1.165) is 17.7 Å². The van der Waals surface area contributed by atoms with E-state index in [2.05, 4.69) is 6.07 Å². The Morgan fingerprint density at radius 2 is 1.71 bits per heavy atom. The Labute approximate surface area is 124 Å². The maximum Gasteiger partial charge on any atom is 0.227 e. The van der Waals surface area contributed by atoms with Crippen LogP contribution in [0.5, 0.6) is 0 Å². The first-order valence-corrected chi connectivity index (χ1v) is 7.37. The van der Waals surface area contributed by atoms with Crippen LogP contribution in [0.15, 0.2) is 54.6 Å². The Morgan fingerprint density at radius 3 is 2.52 bits per heavy atom. The minimum absolute atomic E-state index is 0.147. The highest BCUT2D eigenvalue weighted by molar-refractivity contribution is 5.96. The predicted octanol–water partition coefficient (Wildman–Crippen LogP) is 3.09. The van der Waals surface area contributed by atoms with Crippen LogP contribution in [-0.2, 0) is 11.2 Å². The molecule has 1 heterocycles. The number of anilines is 1. The Hall–Kier alpha value is -2.13. The van der Waals surface area contributed by atoms with E-state index in [-0.39, 0.29) is 5.91 Å². The van der Waals surface area contributed by atoms with Crippen LogP contribution in [0.1, 0.15) is 30.1 Å². The highest BCUT2D eigenvalue weighted by atomic mass is 16.3. The molecule has 3 nitrogen and oxygen atoms in total. The molecule has 2 aromatic rings. The van der Waals surface area contributed by atoms with Gasteiger partial charge in [0.1, 0.15) is 0 Å². The standard InChI is InChI=1S/C18H19NO2/c20-17(15-7-2-1-3-8-15)12-13-19-16-9-5-4-6-14(16)10-11-18(19)21/h1-9,17,20H,10-13H2. The molecule has 3 heteroatoms. The summed E-state index contributed by atoms with van der Waals surface area (Å²) >= 11 is 0. The minimum Gasteiger partial charge on any atom is -0.388 e. The quantitative estimate of drug-likeness (QED) is 0.935. The van der Waals surface area contributed by atoms with Crippen molar-refractivity contribution < 1.29 is 9.90 Å². The number of hydrogen-bond donors (Lipinski definition) is 1. The van der Waals surface area contributed by atoms with Gasteiger partial charge in [-0.05, 0) is 30.0 Å². The third-order valence-corrected chi connectivity index (χ3v) is 4.00. The molecule has 108 valence electrons. The number of carbonyl (C=O) groups is 1. The zero-order chi connectivity index (χ0) is 14.7. The average molecular weight is 281 g/mol. The lowest BCUT2D eigenvalue weighted by atomic mass is 10.00. The fourth-order valence-corrected chi connectivity index (χ4v) is 2.83. The highest BCUT2D eigenvalue weighted by Gasteiger charge is 2.24.